The lowest BCUT2D eigenvalue weighted by Gasteiger charge is -2.21. The molecule has 0 aliphatic heterocycles. The molecule has 1 aromatic rings. The highest BCUT2D eigenvalue weighted by atomic mass is 19.1. The van der Waals surface area contributed by atoms with E-state index >= 15 is 0 Å². The second kappa shape index (κ2) is 4.86. The number of rotatable bonds is 3. The highest BCUT2D eigenvalue weighted by molar-refractivity contribution is 5.48. The molecule has 0 saturated heterocycles. The number of hydrogen-bond acceptors (Lipinski definition) is 1. The van der Waals surface area contributed by atoms with Gasteiger partial charge < -0.3 is 5.32 Å². The minimum atomic E-state index is -0.132. The predicted octanol–water partition coefficient (Wildman–Crippen LogP) is 4.12. The standard InChI is InChI=1S/C14H20FN/c1-3-11-5-4-6-13(11)16-14-9-10(2)7-8-12(14)15/h7-9,11,13,16H,3-6H2,1-2H3. The smallest absolute Gasteiger partial charge is 0.146 e. The van der Waals surface area contributed by atoms with E-state index in [1.165, 1.54) is 25.7 Å². The van der Waals surface area contributed by atoms with Crippen molar-refractivity contribution in [3.05, 3.63) is 29.6 Å². The first kappa shape index (κ1) is 11.4. The summed E-state index contributed by atoms with van der Waals surface area (Å²) in [6, 6.07) is 5.72. The number of anilines is 1. The molecular formula is C14H20FN. The summed E-state index contributed by atoms with van der Waals surface area (Å²) >= 11 is 0. The first-order valence-corrected chi connectivity index (χ1v) is 6.23. The summed E-state index contributed by atoms with van der Waals surface area (Å²) in [5, 5.41) is 3.38. The molecule has 0 spiro atoms. The fourth-order valence-corrected chi connectivity index (χ4v) is 2.66. The lowest BCUT2D eigenvalue weighted by atomic mass is 10.0. The van der Waals surface area contributed by atoms with E-state index < -0.39 is 0 Å². The predicted molar refractivity (Wildman–Crippen MR) is 66.2 cm³/mol. The summed E-state index contributed by atoms with van der Waals surface area (Å²) in [7, 11) is 0. The molecule has 1 aliphatic carbocycles. The fourth-order valence-electron chi connectivity index (χ4n) is 2.66. The molecule has 1 fully saturated rings. The third-order valence-electron chi connectivity index (χ3n) is 3.65. The van der Waals surface area contributed by atoms with Crippen LogP contribution in [0.2, 0.25) is 0 Å². The molecule has 2 heteroatoms. The molecule has 1 nitrogen and oxygen atoms in total. The number of benzene rings is 1. The van der Waals surface area contributed by atoms with E-state index in [0.717, 1.165) is 5.56 Å². The van der Waals surface area contributed by atoms with Gasteiger partial charge in [-0.15, -0.1) is 0 Å². The maximum atomic E-state index is 13.6. The third kappa shape index (κ3) is 2.37. The summed E-state index contributed by atoms with van der Waals surface area (Å²) in [6.07, 6.45) is 4.90. The molecule has 2 atom stereocenters. The van der Waals surface area contributed by atoms with Crippen molar-refractivity contribution in [3.63, 3.8) is 0 Å². The average molecular weight is 221 g/mol. The Hall–Kier alpha value is -1.05. The SMILES string of the molecule is CCC1CCCC1Nc1cc(C)ccc1F. The minimum absolute atomic E-state index is 0.132. The van der Waals surface area contributed by atoms with Crippen LogP contribution in [0.1, 0.15) is 38.2 Å². The van der Waals surface area contributed by atoms with Gasteiger partial charge in [0.05, 0.1) is 5.69 Å². The van der Waals surface area contributed by atoms with Crippen LogP contribution >= 0.6 is 0 Å². The Kier molecular flexibility index (Phi) is 3.47. The van der Waals surface area contributed by atoms with Gasteiger partial charge in [-0.25, -0.2) is 4.39 Å². The van der Waals surface area contributed by atoms with Gasteiger partial charge in [-0.05, 0) is 43.4 Å². The largest absolute Gasteiger partial charge is 0.380 e. The summed E-state index contributed by atoms with van der Waals surface area (Å²) in [5.41, 5.74) is 1.78. The van der Waals surface area contributed by atoms with Crippen molar-refractivity contribution in [3.8, 4) is 0 Å². The van der Waals surface area contributed by atoms with Gasteiger partial charge in [0.25, 0.3) is 0 Å². The number of halogens is 1. The van der Waals surface area contributed by atoms with E-state index in [2.05, 4.69) is 12.2 Å². The van der Waals surface area contributed by atoms with Crippen LogP contribution in [0.4, 0.5) is 10.1 Å². The second-order valence-electron chi connectivity index (χ2n) is 4.83. The van der Waals surface area contributed by atoms with Gasteiger partial charge in [0.1, 0.15) is 5.82 Å². The maximum absolute atomic E-state index is 13.6. The van der Waals surface area contributed by atoms with E-state index in [-0.39, 0.29) is 5.82 Å². The highest BCUT2D eigenvalue weighted by Crippen LogP contribution is 2.31. The van der Waals surface area contributed by atoms with Gasteiger partial charge in [-0.2, -0.15) is 0 Å². The Morgan fingerprint density at radius 3 is 2.94 bits per heavy atom. The van der Waals surface area contributed by atoms with Crippen molar-refractivity contribution in [2.24, 2.45) is 5.92 Å². The van der Waals surface area contributed by atoms with Crippen LogP contribution in [0, 0.1) is 18.7 Å². The Morgan fingerprint density at radius 1 is 1.38 bits per heavy atom. The normalized spacial score (nSPS) is 24.7. The molecule has 2 unspecified atom stereocenters. The fraction of sp³-hybridized carbons (Fsp3) is 0.571. The van der Waals surface area contributed by atoms with Crippen molar-refractivity contribution < 1.29 is 4.39 Å². The molecule has 16 heavy (non-hydrogen) atoms. The van der Waals surface area contributed by atoms with Crippen LogP contribution in [0.5, 0.6) is 0 Å². The van der Waals surface area contributed by atoms with E-state index in [9.17, 15) is 4.39 Å². The topological polar surface area (TPSA) is 12.0 Å². The van der Waals surface area contributed by atoms with Crippen molar-refractivity contribution in [2.75, 3.05) is 5.32 Å². The maximum Gasteiger partial charge on any atom is 0.146 e. The lowest BCUT2D eigenvalue weighted by molar-refractivity contribution is 0.486. The number of nitrogens with one attached hydrogen (secondary N) is 1. The summed E-state index contributed by atoms with van der Waals surface area (Å²) < 4.78 is 13.6. The van der Waals surface area contributed by atoms with Crippen LogP contribution in [-0.2, 0) is 0 Å². The Labute approximate surface area is 97.1 Å². The molecule has 1 N–H and O–H groups in total. The van der Waals surface area contributed by atoms with Gasteiger partial charge in [-0.1, -0.05) is 25.8 Å². The zero-order valence-electron chi connectivity index (χ0n) is 10.1. The zero-order chi connectivity index (χ0) is 11.5. The van der Waals surface area contributed by atoms with Crippen LogP contribution < -0.4 is 5.32 Å². The molecule has 2 rings (SSSR count). The van der Waals surface area contributed by atoms with E-state index in [0.29, 0.717) is 17.6 Å². The summed E-state index contributed by atoms with van der Waals surface area (Å²) in [5.74, 6) is 0.576. The first-order chi connectivity index (χ1) is 7.70. The molecule has 1 saturated carbocycles. The highest BCUT2D eigenvalue weighted by Gasteiger charge is 2.25. The van der Waals surface area contributed by atoms with Gasteiger partial charge in [-0.3, -0.25) is 0 Å². The van der Waals surface area contributed by atoms with E-state index in [4.69, 9.17) is 0 Å². The molecule has 0 amide bonds. The van der Waals surface area contributed by atoms with Crippen molar-refractivity contribution in [2.45, 2.75) is 45.6 Å². The lowest BCUT2D eigenvalue weighted by Crippen LogP contribution is -2.24. The van der Waals surface area contributed by atoms with E-state index in [1.807, 2.05) is 19.1 Å². The minimum Gasteiger partial charge on any atom is -0.380 e. The van der Waals surface area contributed by atoms with Crippen molar-refractivity contribution in [1.82, 2.24) is 0 Å². The Morgan fingerprint density at radius 2 is 2.19 bits per heavy atom. The molecule has 0 heterocycles. The van der Waals surface area contributed by atoms with Gasteiger partial charge in [0, 0.05) is 6.04 Å². The molecular weight excluding hydrogens is 201 g/mol. The van der Waals surface area contributed by atoms with Crippen LogP contribution in [0.15, 0.2) is 18.2 Å². The average Bonchev–Trinajstić information content (AvgIpc) is 2.71. The molecule has 1 aliphatic rings. The molecule has 0 bridgehead atoms. The number of aryl methyl sites for hydroxylation is 1. The van der Waals surface area contributed by atoms with Gasteiger partial charge >= 0.3 is 0 Å². The second-order valence-corrected chi connectivity index (χ2v) is 4.83. The summed E-state index contributed by atoms with van der Waals surface area (Å²) in [4.78, 5) is 0. The Bertz CT molecular complexity index is 362. The van der Waals surface area contributed by atoms with Gasteiger partial charge in [0.15, 0.2) is 0 Å². The zero-order valence-corrected chi connectivity index (χ0v) is 10.1. The Balaban J connectivity index is 2.11. The van der Waals surface area contributed by atoms with E-state index in [1.54, 1.807) is 6.07 Å². The number of hydrogen-bond donors (Lipinski definition) is 1. The molecule has 1 aromatic carbocycles. The quantitative estimate of drug-likeness (QED) is 0.809. The van der Waals surface area contributed by atoms with Gasteiger partial charge in [0.2, 0.25) is 0 Å². The van der Waals surface area contributed by atoms with Crippen molar-refractivity contribution >= 4 is 5.69 Å². The first-order valence-electron chi connectivity index (χ1n) is 6.23. The summed E-state index contributed by atoms with van der Waals surface area (Å²) in [6.45, 7) is 4.22. The van der Waals surface area contributed by atoms with Crippen molar-refractivity contribution in [1.29, 1.82) is 0 Å². The van der Waals surface area contributed by atoms with Crippen LogP contribution in [-0.4, -0.2) is 6.04 Å². The third-order valence-corrected chi connectivity index (χ3v) is 3.65. The molecule has 88 valence electrons. The monoisotopic (exact) mass is 221 g/mol. The molecule has 0 aromatic heterocycles. The van der Waals surface area contributed by atoms with Crippen LogP contribution in [0.25, 0.3) is 0 Å². The molecule has 0 radical (unpaired) electrons. The van der Waals surface area contributed by atoms with Crippen LogP contribution in [0.3, 0.4) is 0 Å².